The third-order valence-corrected chi connectivity index (χ3v) is 5.66. The highest BCUT2D eigenvalue weighted by molar-refractivity contribution is 6.33. The average molecular weight is 443 g/mol. The molecule has 1 saturated heterocycles. The van der Waals surface area contributed by atoms with Crippen LogP contribution in [-0.2, 0) is 11.8 Å². The maximum Gasteiger partial charge on any atom is 0.340 e. The molecule has 4 rings (SSSR count). The Bertz CT molecular complexity index is 1160. The molecule has 0 saturated carbocycles. The van der Waals surface area contributed by atoms with Crippen LogP contribution in [0.3, 0.4) is 0 Å². The summed E-state index contributed by atoms with van der Waals surface area (Å²) in [6, 6.07) is 6.70. The lowest BCUT2D eigenvalue weighted by atomic mass is 10.1. The molecule has 9 nitrogen and oxygen atoms in total. The second-order valence-corrected chi connectivity index (χ2v) is 7.78. The van der Waals surface area contributed by atoms with Crippen LogP contribution in [-0.4, -0.2) is 51.8 Å². The van der Waals surface area contributed by atoms with Gasteiger partial charge in [-0.3, -0.25) is 9.48 Å². The molecule has 0 bridgehead atoms. The van der Waals surface area contributed by atoms with Crippen LogP contribution in [0.5, 0.6) is 0 Å². The lowest BCUT2D eigenvalue weighted by molar-refractivity contribution is 0.0600. The van der Waals surface area contributed by atoms with Crippen LogP contribution in [0.1, 0.15) is 23.2 Å². The summed E-state index contributed by atoms with van der Waals surface area (Å²) in [5, 5.41) is 11.9. The van der Waals surface area contributed by atoms with E-state index in [1.807, 2.05) is 19.4 Å². The first-order chi connectivity index (χ1) is 15.0. The zero-order valence-corrected chi connectivity index (χ0v) is 18.0. The average Bonchev–Trinajstić information content (AvgIpc) is 3.23. The number of hydrogen-bond acceptors (Lipinski definition) is 7. The van der Waals surface area contributed by atoms with Crippen LogP contribution >= 0.6 is 11.6 Å². The predicted molar refractivity (Wildman–Crippen MR) is 118 cm³/mol. The van der Waals surface area contributed by atoms with Gasteiger partial charge >= 0.3 is 5.97 Å². The van der Waals surface area contributed by atoms with Gasteiger partial charge in [0, 0.05) is 32.4 Å². The van der Waals surface area contributed by atoms with Gasteiger partial charge in [0.05, 0.1) is 42.1 Å². The smallest absolute Gasteiger partial charge is 0.340 e. The summed E-state index contributed by atoms with van der Waals surface area (Å²) in [6.45, 7) is 1.71. The number of anilines is 2. The van der Waals surface area contributed by atoms with Crippen molar-refractivity contribution in [1.82, 2.24) is 19.6 Å². The van der Waals surface area contributed by atoms with Crippen molar-refractivity contribution in [3.8, 4) is 5.69 Å². The van der Waals surface area contributed by atoms with Crippen LogP contribution in [0.2, 0.25) is 5.02 Å². The van der Waals surface area contributed by atoms with Crippen molar-refractivity contribution in [2.45, 2.75) is 18.9 Å². The number of rotatable bonds is 5. The van der Waals surface area contributed by atoms with E-state index in [1.165, 1.54) is 13.3 Å². The molecule has 2 aromatic heterocycles. The SMILES string of the molecule is COC(=O)c1ccccc1-n1ncc(NC2CCCN(c3cnn(C)c3)C2)c(Cl)c1=O. The van der Waals surface area contributed by atoms with E-state index in [9.17, 15) is 9.59 Å². The Morgan fingerprint density at radius 3 is 2.81 bits per heavy atom. The highest BCUT2D eigenvalue weighted by atomic mass is 35.5. The van der Waals surface area contributed by atoms with Crippen LogP contribution in [0.15, 0.2) is 47.7 Å². The maximum atomic E-state index is 12.9. The number of carbonyl (C=O) groups excluding carboxylic acids is 1. The molecule has 0 amide bonds. The lowest BCUT2D eigenvalue weighted by Gasteiger charge is -2.34. The third kappa shape index (κ3) is 4.27. The Morgan fingerprint density at radius 1 is 1.26 bits per heavy atom. The summed E-state index contributed by atoms with van der Waals surface area (Å²) in [6.07, 6.45) is 7.29. The van der Waals surface area contributed by atoms with E-state index >= 15 is 0 Å². The Labute approximate surface area is 184 Å². The monoisotopic (exact) mass is 442 g/mol. The molecule has 0 spiro atoms. The molecular formula is C21H23ClN6O3. The van der Waals surface area contributed by atoms with Crippen molar-refractivity contribution < 1.29 is 9.53 Å². The number of nitrogens with one attached hydrogen (secondary N) is 1. The Morgan fingerprint density at radius 2 is 2.06 bits per heavy atom. The molecule has 1 fully saturated rings. The number of hydrogen-bond donors (Lipinski definition) is 1. The number of benzene rings is 1. The van der Waals surface area contributed by atoms with Crippen molar-refractivity contribution in [2.75, 3.05) is 30.4 Å². The maximum absolute atomic E-state index is 12.9. The first kappa shape index (κ1) is 20.9. The van der Waals surface area contributed by atoms with Gasteiger partial charge in [0.15, 0.2) is 0 Å². The van der Waals surface area contributed by atoms with Gasteiger partial charge in [-0.05, 0) is 25.0 Å². The fourth-order valence-electron chi connectivity index (χ4n) is 3.77. The molecule has 3 aromatic rings. The van der Waals surface area contributed by atoms with Crippen molar-refractivity contribution in [1.29, 1.82) is 0 Å². The molecule has 10 heteroatoms. The topological polar surface area (TPSA) is 94.3 Å². The van der Waals surface area contributed by atoms with Crippen molar-refractivity contribution in [3.63, 3.8) is 0 Å². The number of para-hydroxylation sites is 1. The number of aryl methyl sites for hydroxylation is 1. The first-order valence-electron chi connectivity index (χ1n) is 9.93. The van der Waals surface area contributed by atoms with Gasteiger partial charge in [0.2, 0.25) is 0 Å². The fourth-order valence-corrected chi connectivity index (χ4v) is 3.95. The molecule has 1 aliphatic rings. The fraction of sp³-hybridized carbons (Fsp3) is 0.333. The standard InChI is InChI=1S/C21H23ClN6O3/c1-26-13-15(10-23-26)27-9-5-6-14(12-27)25-17-11-24-28(20(29)19(17)22)18-8-4-3-7-16(18)21(30)31-2/h3-4,7-8,10-11,13-14,25H,5-6,9,12H2,1-2H3. The minimum atomic E-state index is -0.555. The largest absolute Gasteiger partial charge is 0.465 e. The number of esters is 1. The normalized spacial score (nSPS) is 16.2. The van der Waals surface area contributed by atoms with E-state index in [1.54, 1.807) is 28.9 Å². The molecule has 1 atom stereocenters. The number of carbonyl (C=O) groups is 1. The van der Waals surface area contributed by atoms with Gasteiger partial charge < -0.3 is 15.0 Å². The second kappa shape index (κ2) is 8.81. The second-order valence-electron chi connectivity index (χ2n) is 7.40. The molecule has 1 unspecified atom stereocenters. The molecule has 31 heavy (non-hydrogen) atoms. The van der Waals surface area contributed by atoms with Gasteiger partial charge in [-0.1, -0.05) is 23.7 Å². The van der Waals surface area contributed by atoms with Crippen molar-refractivity contribution in [2.24, 2.45) is 7.05 Å². The van der Waals surface area contributed by atoms with E-state index in [4.69, 9.17) is 16.3 Å². The molecule has 1 aliphatic heterocycles. The van der Waals surface area contributed by atoms with Gasteiger partial charge in [-0.15, -0.1) is 0 Å². The van der Waals surface area contributed by atoms with Crippen molar-refractivity contribution >= 4 is 28.9 Å². The van der Waals surface area contributed by atoms with E-state index < -0.39 is 11.5 Å². The minimum Gasteiger partial charge on any atom is -0.465 e. The lowest BCUT2D eigenvalue weighted by Crippen LogP contribution is -2.42. The number of nitrogens with zero attached hydrogens (tertiary/aromatic N) is 5. The van der Waals surface area contributed by atoms with Crippen LogP contribution in [0.4, 0.5) is 11.4 Å². The van der Waals surface area contributed by atoms with Crippen LogP contribution < -0.4 is 15.8 Å². The van der Waals surface area contributed by atoms with E-state index in [-0.39, 0.29) is 16.6 Å². The molecule has 1 aromatic carbocycles. The summed E-state index contributed by atoms with van der Waals surface area (Å²) < 4.78 is 7.69. The summed E-state index contributed by atoms with van der Waals surface area (Å²) in [7, 11) is 3.18. The highest BCUT2D eigenvalue weighted by Crippen LogP contribution is 2.24. The molecule has 162 valence electrons. The number of piperidine rings is 1. The third-order valence-electron chi connectivity index (χ3n) is 5.29. The molecule has 0 aliphatic carbocycles. The van der Waals surface area contributed by atoms with Gasteiger partial charge in [0.1, 0.15) is 5.02 Å². The number of aromatic nitrogens is 4. The summed E-state index contributed by atoms with van der Waals surface area (Å²) in [5.74, 6) is -0.555. The Hall–Kier alpha value is -3.33. The number of ether oxygens (including phenoxy) is 1. The predicted octanol–water partition coefficient (Wildman–Crippen LogP) is 2.49. The van der Waals surface area contributed by atoms with E-state index in [0.717, 1.165) is 36.3 Å². The van der Waals surface area contributed by atoms with E-state index in [2.05, 4.69) is 20.4 Å². The zero-order valence-electron chi connectivity index (χ0n) is 17.3. The molecule has 1 N–H and O–H groups in total. The van der Waals surface area contributed by atoms with Gasteiger partial charge in [-0.25, -0.2) is 4.79 Å². The molecular weight excluding hydrogens is 420 g/mol. The summed E-state index contributed by atoms with van der Waals surface area (Å²) in [5.41, 5.74) is 1.57. The van der Waals surface area contributed by atoms with Gasteiger partial charge in [0.25, 0.3) is 5.56 Å². The highest BCUT2D eigenvalue weighted by Gasteiger charge is 2.23. The Balaban J connectivity index is 1.57. The summed E-state index contributed by atoms with van der Waals surface area (Å²) in [4.78, 5) is 27.3. The zero-order chi connectivity index (χ0) is 22.0. The van der Waals surface area contributed by atoms with Crippen molar-refractivity contribution in [3.05, 3.63) is 63.8 Å². The molecule has 0 radical (unpaired) electrons. The van der Waals surface area contributed by atoms with Crippen LogP contribution in [0.25, 0.3) is 5.69 Å². The minimum absolute atomic E-state index is 0.0215. The number of halogens is 1. The summed E-state index contributed by atoms with van der Waals surface area (Å²) >= 11 is 6.41. The van der Waals surface area contributed by atoms with Crippen LogP contribution in [0, 0.1) is 0 Å². The quantitative estimate of drug-likeness (QED) is 0.606. The first-order valence-corrected chi connectivity index (χ1v) is 10.3. The number of methoxy groups -OCH3 is 1. The Kier molecular flexibility index (Phi) is 5.94. The van der Waals surface area contributed by atoms with E-state index in [0.29, 0.717) is 11.4 Å². The molecule has 3 heterocycles. The van der Waals surface area contributed by atoms with Gasteiger partial charge in [-0.2, -0.15) is 14.9 Å².